The Bertz CT molecular complexity index is 2180. The summed E-state index contributed by atoms with van der Waals surface area (Å²) < 4.78 is 5.66. The fourth-order valence-corrected chi connectivity index (χ4v) is 6.93. The second-order valence-corrected chi connectivity index (χ2v) is 13.7. The van der Waals surface area contributed by atoms with E-state index in [1.165, 1.54) is 36.4 Å². The van der Waals surface area contributed by atoms with Crippen molar-refractivity contribution < 1.29 is 39.5 Å². The molecular weight excluding hydrogens is 704 g/mol. The number of carboxylic acid groups (broad SMARTS) is 1. The molecule has 1 aliphatic rings. The topological polar surface area (TPSA) is 210 Å². The Balaban J connectivity index is 0.900. The number of phenols is 1. The van der Waals surface area contributed by atoms with Gasteiger partial charge in [0, 0.05) is 41.2 Å². The first-order valence-corrected chi connectivity index (χ1v) is 18.2. The van der Waals surface area contributed by atoms with Crippen LogP contribution < -0.4 is 26.2 Å². The van der Waals surface area contributed by atoms with Crippen molar-refractivity contribution in [2.45, 2.75) is 55.9 Å². The highest BCUT2D eigenvalue weighted by Crippen LogP contribution is 2.32. The molecule has 2 amide bonds. The maximum atomic E-state index is 13.0. The van der Waals surface area contributed by atoms with Crippen LogP contribution in [0.3, 0.4) is 0 Å². The van der Waals surface area contributed by atoms with Gasteiger partial charge in [-0.2, -0.15) is 0 Å². The average molecular weight is 749 g/mol. The minimum atomic E-state index is -2.29. The zero-order chi connectivity index (χ0) is 39.0. The summed E-state index contributed by atoms with van der Waals surface area (Å²) in [4.78, 5) is 52.1. The van der Waals surface area contributed by atoms with Crippen molar-refractivity contribution in [3.8, 4) is 11.5 Å². The molecule has 1 heterocycles. The van der Waals surface area contributed by atoms with Crippen LogP contribution in [0.25, 0.3) is 10.9 Å². The number of aromatic hydroxyl groups is 1. The summed E-state index contributed by atoms with van der Waals surface area (Å²) in [5, 5.41) is 51.7. The number of aliphatic carboxylic acids is 1. The molecule has 0 aliphatic heterocycles. The normalized spacial score (nSPS) is 17.1. The molecule has 0 bridgehead atoms. The van der Waals surface area contributed by atoms with Gasteiger partial charge in [-0.15, -0.1) is 0 Å². The molecule has 2 atom stereocenters. The monoisotopic (exact) mass is 748 g/mol. The Hall–Kier alpha value is -6.02. The van der Waals surface area contributed by atoms with E-state index in [0.29, 0.717) is 55.2 Å². The van der Waals surface area contributed by atoms with E-state index < -0.39 is 17.7 Å². The number of benzene rings is 4. The number of carboxylic acids is 1. The van der Waals surface area contributed by atoms with Gasteiger partial charge < -0.3 is 46.1 Å². The van der Waals surface area contributed by atoms with Crippen LogP contribution in [0.5, 0.6) is 11.5 Å². The van der Waals surface area contributed by atoms with E-state index in [2.05, 4.69) is 20.9 Å². The number of aliphatic hydroxyl groups excluding tert-OH is 1. The fraction of sp³-hybridized carbons (Fsp3) is 0.286. The first-order valence-electron chi connectivity index (χ1n) is 18.2. The number of aromatic amines is 1. The summed E-state index contributed by atoms with van der Waals surface area (Å²) in [6.45, 7) is 0.567. The van der Waals surface area contributed by atoms with Crippen LogP contribution >= 0.6 is 0 Å². The molecule has 0 saturated heterocycles. The van der Waals surface area contributed by atoms with Crippen molar-refractivity contribution in [3.05, 3.63) is 141 Å². The molecule has 1 fully saturated rings. The molecule has 13 heteroatoms. The Morgan fingerprint density at radius 2 is 1.53 bits per heavy atom. The predicted molar refractivity (Wildman–Crippen MR) is 205 cm³/mol. The summed E-state index contributed by atoms with van der Waals surface area (Å²) in [5.41, 5.74) is 0.120. The number of nitrogens with one attached hydrogen (secondary N) is 4. The molecule has 5 aromatic rings. The lowest BCUT2D eigenvalue weighted by atomic mass is 9.86. The Labute approximate surface area is 317 Å². The van der Waals surface area contributed by atoms with Crippen LogP contribution in [-0.2, 0) is 21.6 Å². The second kappa shape index (κ2) is 17.4. The second-order valence-electron chi connectivity index (χ2n) is 13.7. The van der Waals surface area contributed by atoms with Crippen LogP contribution in [0.4, 0.5) is 0 Å². The minimum absolute atomic E-state index is 0.0292. The number of aromatic nitrogens is 1. The van der Waals surface area contributed by atoms with Crippen LogP contribution in [0.2, 0.25) is 0 Å². The van der Waals surface area contributed by atoms with Gasteiger partial charge in [-0.25, -0.2) is 4.79 Å². The number of H-pyrrole nitrogens is 1. The third-order valence-electron chi connectivity index (χ3n) is 9.96. The Morgan fingerprint density at radius 3 is 2.24 bits per heavy atom. The van der Waals surface area contributed by atoms with E-state index in [-0.39, 0.29) is 70.8 Å². The molecule has 8 N–H and O–H groups in total. The number of carbonyl (C=O) groups is 3. The van der Waals surface area contributed by atoms with Crippen molar-refractivity contribution in [3.63, 3.8) is 0 Å². The number of ether oxygens (including phenoxy) is 1. The lowest BCUT2D eigenvalue weighted by Crippen LogP contribution is -2.44. The van der Waals surface area contributed by atoms with E-state index in [1.807, 2.05) is 12.1 Å². The molecule has 1 aliphatic carbocycles. The maximum Gasteiger partial charge on any atom is 0.345 e. The van der Waals surface area contributed by atoms with Crippen LogP contribution in [0.1, 0.15) is 64.4 Å². The Morgan fingerprint density at radius 1 is 0.836 bits per heavy atom. The van der Waals surface area contributed by atoms with Gasteiger partial charge in [0.25, 0.3) is 11.8 Å². The summed E-state index contributed by atoms with van der Waals surface area (Å²) >= 11 is 0. The molecule has 4 aromatic carbocycles. The molecule has 13 nitrogen and oxygen atoms in total. The van der Waals surface area contributed by atoms with Gasteiger partial charge in [0.2, 0.25) is 11.2 Å². The first kappa shape index (κ1) is 38.7. The van der Waals surface area contributed by atoms with Crippen molar-refractivity contribution in [1.29, 1.82) is 0 Å². The number of hydrogen-bond acceptors (Lipinski definition) is 9. The largest absolute Gasteiger partial charge is 0.506 e. The zero-order valence-corrected chi connectivity index (χ0v) is 30.0. The number of hydrogen-bond donors (Lipinski definition) is 8. The highest BCUT2D eigenvalue weighted by atomic mass is 16.5. The Kier molecular flexibility index (Phi) is 12.3. The van der Waals surface area contributed by atoms with Crippen molar-refractivity contribution in [2.24, 2.45) is 0 Å². The van der Waals surface area contributed by atoms with Gasteiger partial charge in [-0.3, -0.25) is 14.4 Å². The van der Waals surface area contributed by atoms with E-state index in [0.717, 1.165) is 5.56 Å². The van der Waals surface area contributed by atoms with Crippen molar-refractivity contribution in [1.82, 2.24) is 20.9 Å². The van der Waals surface area contributed by atoms with E-state index in [1.54, 1.807) is 54.6 Å². The number of aliphatic hydroxyl groups is 2. The molecular formula is C42H44N4O9. The number of pyridine rings is 1. The van der Waals surface area contributed by atoms with Gasteiger partial charge in [-0.1, -0.05) is 60.7 Å². The van der Waals surface area contributed by atoms with E-state index in [4.69, 9.17) is 4.74 Å². The van der Waals surface area contributed by atoms with Crippen molar-refractivity contribution in [2.75, 3.05) is 19.7 Å². The quantitative estimate of drug-likeness (QED) is 0.0729. The average Bonchev–Trinajstić information content (AvgIpc) is 3.20. The smallest absolute Gasteiger partial charge is 0.345 e. The van der Waals surface area contributed by atoms with Gasteiger partial charge in [0.05, 0.1) is 11.6 Å². The van der Waals surface area contributed by atoms with Crippen LogP contribution in [0, 0.1) is 0 Å². The third-order valence-corrected chi connectivity index (χ3v) is 9.96. The first-order chi connectivity index (χ1) is 26.5. The molecule has 0 spiro atoms. The van der Waals surface area contributed by atoms with E-state index >= 15 is 0 Å². The molecule has 1 aromatic heterocycles. The maximum absolute atomic E-state index is 13.0. The number of rotatable bonds is 15. The molecule has 0 radical (unpaired) electrons. The van der Waals surface area contributed by atoms with Crippen LogP contribution in [0.15, 0.2) is 108 Å². The molecule has 55 heavy (non-hydrogen) atoms. The third kappa shape index (κ3) is 9.38. The number of carbonyl (C=O) groups excluding carboxylic acids is 2. The summed E-state index contributed by atoms with van der Waals surface area (Å²) in [7, 11) is 0. The van der Waals surface area contributed by atoms with Gasteiger partial charge in [-0.05, 0) is 91.7 Å². The van der Waals surface area contributed by atoms with Gasteiger partial charge in [0.15, 0.2) is 6.61 Å². The fourth-order valence-electron chi connectivity index (χ4n) is 6.93. The zero-order valence-electron chi connectivity index (χ0n) is 30.0. The summed E-state index contributed by atoms with van der Waals surface area (Å²) in [6.07, 6.45) is 2.57. The number of amides is 2. The molecule has 0 unspecified atom stereocenters. The number of phenolic OH excluding ortho intramolecular Hbond substituents is 1. The lowest BCUT2D eigenvalue weighted by Gasteiger charge is -2.29. The summed E-state index contributed by atoms with van der Waals surface area (Å²) in [5.74, 6) is -1.74. The number of fused-ring (bicyclic) bond motifs is 1. The SMILES string of the molecule is O=C(COc1cccc([C@](O)(C(=O)O)c2ccccc2)c1)NC1CCC(NC(=O)c2ccc(CCNC[C@H](O)c3ccc(O)c4[nH]c(=O)ccc34)cc2)CC1. The highest BCUT2D eigenvalue weighted by molar-refractivity contribution is 5.94. The standard InChI is InChI=1S/C42H44N4O9/c47-35-19-17-33(34-18-20-37(49)46-39(34)35)36(48)24-43-22-21-26-9-11-27(12-10-26)40(51)45-31-15-13-30(14-16-31)44-38(50)25-55-32-8-4-7-29(23-32)42(54,41(52)53)28-5-2-1-3-6-28/h1-12,17-20,23,30-31,36,43,47-48,54H,13-16,21-22,24-25H2,(H,44,50)(H,45,51)(H,46,49)(H,52,53)/t30?,31?,36-,42-/m0/s1. The predicted octanol–water partition coefficient (Wildman–Crippen LogP) is 3.66. The minimum Gasteiger partial charge on any atom is -0.506 e. The van der Waals surface area contributed by atoms with Gasteiger partial charge >= 0.3 is 5.97 Å². The molecule has 286 valence electrons. The summed E-state index contributed by atoms with van der Waals surface area (Å²) in [6, 6.07) is 27.4. The van der Waals surface area contributed by atoms with Gasteiger partial charge in [0.1, 0.15) is 11.5 Å². The van der Waals surface area contributed by atoms with Crippen molar-refractivity contribution >= 4 is 28.7 Å². The highest BCUT2D eigenvalue weighted by Gasteiger charge is 2.40. The lowest BCUT2D eigenvalue weighted by molar-refractivity contribution is -0.155. The van der Waals surface area contributed by atoms with Crippen LogP contribution in [-0.4, -0.2) is 75.0 Å². The molecule has 6 rings (SSSR count). The van der Waals surface area contributed by atoms with E-state index in [9.17, 15) is 39.6 Å². The molecule has 1 saturated carbocycles.